The Hall–Kier alpha value is -3.38. The number of aliphatic carboxylic acids is 1. The van der Waals surface area contributed by atoms with E-state index in [0.29, 0.717) is 17.8 Å². The highest BCUT2D eigenvalue weighted by molar-refractivity contribution is 5.70. The van der Waals surface area contributed by atoms with E-state index in [1.807, 2.05) is 12.1 Å². The minimum absolute atomic E-state index is 0.0329. The van der Waals surface area contributed by atoms with Gasteiger partial charge in [0.25, 0.3) is 0 Å². The largest absolute Gasteiger partial charge is 0.550 e. The number of rotatable bonds is 11. The fourth-order valence-corrected chi connectivity index (χ4v) is 6.74. The van der Waals surface area contributed by atoms with Crippen molar-refractivity contribution in [2.75, 3.05) is 13.7 Å². The molecule has 1 saturated carbocycles. The average Bonchev–Trinajstić information content (AvgIpc) is 3.82. The fourth-order valence-electron chi connectivity index (χ4n) is 6.74. The quantitative estimate of drug-likeness (QED) is 0.269. The Morgan fingerprint density at radius 3 is 2.51 bits per heavy atom. The predicted molar refractivity (Wildman–Crippen MR) is 160 cm³/mol. The van der Waals surface area contributed by atoms with Gasteiger partial charge in [0, 0.05) is 36.2 Å². The van der Waals surface area contributed by atoms with Crippen LogP contribution in [0.4, 0.5) is 0 Å². The summed E-state index contributed by atoms with van der Waals surface area (Å²) >= 11 is 0. The van der Waals surface area contributed by atoms with Crippen LogP contribution in [0, 0.1) is 11.8 Å². The monoisotopic (exact) mass is 555 g/mol. The molecule has 5 rings (SSSR count). The summed E-state index contributed by atoms with van der Waals surface area (Å²) in [5, 5.41) is 11.8. The number of nitrogens with zero attached hydrogens (tertiary/aromatic N) is 2. The molecule has 218 valence electrons. The number of hydrogen-bond donors (Lipinski definition) is 0. The fraction of sp³-hybridized carbons (Fsp3) is 0.486. The van der Waals surface area contributed by atoms with Gasteiger partial charge < -0.3 is 19.4 Å². The van der Waals surface area contributed by atoms with E-state index in [4.69, 9.17) is 9.47 Å². The van der Waals surface area contributed by atoms with Crippen molar-refractivity contribution in [1.82, 2.24) is 9.88 Å². The Morgan fingerprint density at radius 1 is 1.07 bits per heavy atom. The summed E-state index contributed by atoms with van der Waals surface area (Å²) in [5.41, 5.74) is 6.91. The first kappa shape index (κ1) is 29.1. The summed E-state index contributed by atoms with van der Waals surface area (Å²) in [7, 11) is 1.64. The van der Waals surface area contributed by atoms with E-state index in [0.717, 1.165) is 54.7 Å². The zero-order valence-electron chi connectivity index (χ0n) is 25.2. The number of pyridine rings is 1. The van der Waals surface area contributed by atoms with Crippen molar-refractivity contribution in [2.45, 2.75) is 84.4 Å². The highest BCUT2D eigenvalue weighted by atomic mass is 16.5. The highest BCUT2D eigenvalue weighted by Crippen LogP contribution is 2.48. The molecule has 0 amide bonds. The Bertz CT molecular complexity index is 1380. The van der Waals surface area contributed by atoms with Gasteiger partial charge in [-0.2, -0.15) is 0 Å². The van der Waals surface area contributed by atoms with Crippen molar-refractivity contribution >= 4 is 5.97 Å². The molecule has 0 saturated heterocycles. The smallest absolute Gasteiger partial charge is 0.213 e. The topological polar surface area (TPSA) is 74.7 Å². The minimum atomic E-state index is -0.977. The molecular formula is C35H43N2O4-. The maximum Gasteiger partial charge on any atom is 0.213 e. The summed E-state index contributed by atoms with van der Waals surface area (Å²) in [4.78, 5) is 18.6. The molecule has 1 aliphatic carbocycles. The number of benzene rings is 2. The normalized spacial score (nSPS) is 18.9. The number of hydrogen-bond acceptors (Lipinski definition) is 6. The lowest BCUT2D eigenvalue weighted by molar-refractivity contribution is -0.311. The van der Waals surface area contributed by atoms with Crippen LogP contribution in [-0.2, 0) is 11.2 Å². The molecule has 2 aliphatic rings. The SMILES string of the molecule is CCN(C(C)C)C(C)c1cc(C2CCc3ccc([C@H](C4CC4)[C@H](C)C(=O)[O-])cc3O2)ccc1-c1ccnc(OC)c1. The molecule has 1 aromatic heterocycles. The number of aromatic nitrogens is 1. The lowest BCUT2D eigenvalue weighted by atomic mass is 9.82. The molecule has 41 heavy (non-hydrogen) atoms. The van der Waals surface area contributed by atoms with Crippen molar-refractivity contribution in [1.29, 1.82) is 0 Å². The maximum absolute atomic E-state index is 11.8. The van der Waals surface area contributed by atoms with Gasteiger partial charge in [0.1, 0.15) is 11.9 Å². The maximum atomic E-state index is 11.8. The number of fused-ring (bicyclic) bond motifs is 1. The molecule has 0 N–H and O–H groups in total. The van der Waals surface area contributed by atoms with E-state index in [-0.39, 0.29) is 18.1 Å². The number of carbonyl (C=O) groups excluding carboxylic acids is 1. The molecule has 0 bridgehead atoms. The van der Waals surface area contributed by atoms with Gasteiger partial charge in [0.05, 0.1) is 7.11 Å². The van der Waals surface area contributed by atoms with Gasteiger partial charge in [-0.15, -0.1) is 0 Å². The summed E-state index contributed by atoms with van der Waals surface area (Å²) < 4.78 is 12.1. The number of carboxylic acids is 1. The van der Waals surface area contributed by atoms with Gasteiger partial charge in [0.2, 0.25) is 5.88 Å². The number of aryl methyl sites for hydroxylation is 1. The van der Waals surface area contributed by atoms with Crippen LogP contribution in [0.15, 0.2) is 54.7 Å². The zero-order chi connectivity index (χ0) is 29.3. The van der Waals surface area contributed by atoms with E-state index in [9.17, 15) is 9.90 Å². The number of ether oxygens (including phenoxy) is 2. The van der Waals surface area contributed by atoms with E-state index < -0.39 is 11.9 Å². The third-order valence-electron chi connectivity index (χ3n) is 9.14. The third-order valence-corrected chi connectivity index (χ3v) is 9.14. The molecule has 4 atom stereocenters. The Balaban J connectivity index is 1.49. The van der Waals surface area contributed by atoms with Gasteiger partial charge in [-0.25, -0.2) is 4.98 Å². The molecule has 0 spiro atoms. The van der Waals surface area contributed by atoms with Gasteiger partial charge >= 0.3 is 0 Å². The molecule has 3 aromatic rings. The first-order valence-electron chi connectivity index (χ1n) is 15.1. The van der Waals surface area contributed by atoms with Gasteiger partial charge in [0.15, 0.2) is 0 Å². The van der Waals surface area contributed by atoms with Crippen molar-refractivity contribution in [3.05, 3.63) is 77.0 Å². The van der Waals surface area contributed by atoms with E-state index in [1.54, 1.807) is 20.2 Å². The lowest BCUT2D eigenvalue weighted by Crippen LogP contribution is -2.34. The third kappa shape index (κ3) is 6.13. The van der Waals surface area contributed by atoms with Crippen LogP contribution in [-0.4, -0.2) is 35.5 Å². The van der Waals surface area contributed by atoms with Crippen LogP contribution < -0.4 is 14.6 Å². The summed E-state index contributed by atoms with van der Waals surface area (Å²) in [6.07, 6.45) is 5.69. The molecular weight excluding hydrogens is 512 g/mol. The molecule has 6 nitrogen and oxygen atoms in total. The number of methoxy groups -OCH3 is 1. The van der Waals surface area contributed by atoms with Crippen molar-refractivity contribution in [3.63, 3.8) is 0 Å². The van der Waals surface area contributed by atoms with Crippen LogP contribution in [0.5, 0.6) is 11.6 Å². The van der Waals surface area contributed by atoms with E-state index in [2.05, 4.69) is 74.0 Å². The highest BCUT2D eigenvalue weighted by Gasteiger charge is 2.37. The van der Waals surface area contributed by atoms with Crippen LogP contribution in [0.1, 0.15) is 94.2 Å². The van der Waals surface area contributed by atoms with E-state index in [1.165, 1.54) is 16.7 Å². The van der Waals surface area contributed by atoms with E-state index >= 15 is 0 Å². The molecule has 2 heterocycles. The van der Waals surface area contributed by atoms with Gasteiger partial charge in [-0.05, 0) is 116 Å². The zero-order valence-corrected chi connectivity index (χ0v) is 25.2. The number of carbonyl (C=O) groups is 1. The molecule has 0 radical (unpaired) electrons. The minimum Gasteiger partial charge on any atom is -0.550 e. The lowest BCUT2D eigenvalue weighted by Gasteiger charge is -2.34. The molecule has 1 aliphatic heterocycles. The second-order valence-corrected chi connectivity index (χ2v) is 12.0. The summed E-state index contributed by atoms with van der Waals surface area (Å²) in [6, 6.07) is 17.7. The number of carboxylic acid groups (broad SMARTS) is 1. The standard InChI is InChI=1S/C35H44N2O4/c1-7-37(21(2)3)23(5)30-18-27(12-14-29(30)26-16-17-36-33(20-26)40-6)31-15-13-24-8-11-28(19-32(24)41-31)34(25-9-10-25)22(4)35(38)39/h8,11-12,14,16-23,25,31,34H,7,9-10,13,15H2,1-6H3,(H,38,39)/p-1/t22-,23?,31?,34-/m0/s1. The molecule has 2 aromatic carbocycles. The molecule has 2 unspecified atom stereocenters. The van der Waals surface area contributed by atoms with Crippen LogP contribution in [0.25, 0.3) is 11.1 Å². The first-order chi connectivity index (χ1) is 19.7. The van der Waals surface area contributed by atoms with Crippen molar-refractivity contribution < 1.29 is 19.4 Å². The Morgan fingerprint density at radius 2 is 1.85 bits per heavy atom. The Kier molecular flexibility index (Phi) is 8.69. The predicted octanol–water partition coefficient (Wildman–Crippen LogP) is 6.49. The molecule has 1 fully saturated rings. The second kappa shape index (κ2) is 12.2. The van der Waals surface area contributed by atoms with Crippen LogP contribution in [0.2, 0.25) is 0 Å². The van der Waals surface area contributed by atoms with Crippen molar-refractivity contribution in [3.8, 4) is 22.8 Å². The Labute approximate surface area is 244 Å². The van der Waals surface area contributed by atoms with Gasteiger partial charge in [-0.1, -0.05) is 38.1 Å². The van der Waals surface area contributed by atoms with Crippen LogP contribution >= 0.6 is 0 Å². The van der Waals surface area contributed by atoms with Crippen LogP contribution in [0.3, 0.4) is 0 Å². The van der Waals surface area contributed by atoms with Gasteiger partial charge in [-0.3, -0.25) is 4.90 Å². The second-order valence-electron chi connectivity index (χ2n) is 12.0. The molecule has 6 heteroatoms. The summed E-state index contributed by atoms with van der Waals surface area (Å²) in [5.74, 6) is 0.354. The van der Waals surface area contributed by atoms with Crippen molar-refractivity contribution in [2.24, 2.45) is 11.8 Å². The summed E-state index contributed by atoms with van der Waals surface area (Å²) in [6.45, 7) is 11.7. The first-order valence-corrected chi connectivity index (χ1v) is 15.1. The average molecular weight is 556 g/mol.